The second-order valence-corrected chi connectivity index (χ2v) is 5.40. The van der Waals surface area contributed by atoms with Crippen LogP contribution in [0.2, 0.25) is 0 Å². The van der Waals surface area contributed by atoms with Gasteiger partial charge in [0.15, 0.2) is 0 Å². The van der Waals surface area contributed by atoms with Gasteiger partial charge in [-0.05, 0) is 30.8 Å². The van der Waals surface area contributed by atoms with E-state index in [4.69, 9.17) is 10.8 Å². The molecule has 0 aromatic rings. The zero-order chi connectivity index (χ0) is 13.4. The minimum Gasteiger partial charge on any atom is -0.480 e. The Morgan fingerprint density at radius 2 is 2.00 bits per heavy atom. The van der Waals surface area contributed by atoms with E-state index in [1.807, 2.05) is 20.1 Å². The largest absolute Gasteiger partial charge is 0.480 e. The van der Waals surface area contributed by atoms with Gasteiger partial charge in [-0.3, -0.25) is 4.79 Å². The second-order valence-electron chi connectivity index (χ2n) is 4.42. The zero-order valence-electron chi connectivity index (χ0n) is 10.6. The molecule has 0 bridgehead atoms. The van der Waals surface area contributed by atoms with Crippen LogP contribution in [0, 0.1) is 5.92 Å². The third-order valence-electron chi connectivity index (χ3n) is 2.29. The predicted octanol–water partition coefficient (Wildman–Crippen LogP) is 0.682. The maximum Gasteiger partial charge on any atom is 0.326 e. The van der Waals surface area contributed by atoms with Crippen LogP contribution in [0.5, 0.6) is 0 Å². The summed E-state index contributed by atoms with van der Waals surface area (Å²) >= 11 is 1.61. The van der Waals surface area contributed by atoms with E-state index in [9.17, 15) is 9.59 Å². The first-order valence-corrected chi connectivity index (χ1v) is 7.05. The van der Waals surface area contributed by atoms with Crippen LogP contribution in [-0.2, 0) is 9.59 Å². The van der Waals surface area contributed by atoms with Crippen molar-refractivity contribution in [2.24, 2.45) is 11.7 Å². The van der Waals surface area contributed by atoms with Crippen molar-refractivity contribution in [3.8, 4) is 0 Å². The molecular formula is C11H22N2O3S. The molecule has 0 aromatic carbocycles. The van der Waals surface area contributed by atoms with Crippen LogP contribution < -0.4 is 11.1 Å². The molecule has 5 nitrogen and oxygen atoms in total. The number of carbonyl (C=O) groups is 2. The number of hydrogen-bond acceptors (Lipinski definition) is 4. The number of carboxylic acid groups (broad SMARTS) is 1. The van der Waals surface area contributed by atoms with Crippen LogP contribution >= 0.6 is 11.8 Å². The van der Waals surface area contributed by atoms with Gasteiger partial charge in [0, 0.05) is 0 Å². The number of amides is 1. The Hall–Kier alpha value is -0.750. The maximum atomic E-state index is 11.6. The lowest BCUT2D eigenvalue weighted by atomic mass is 10.0. The highest BCUT2D eigenvalue weighted by Crippen LogP contribution is 2.06. The van der Waals surface area contributed by atoms with Gasteiger partial charge in [-0.1, -0.05) is 13.8 Å². The molecule has 2 atom stereocenters. The van der Waals surface area contributed by atoms with Crippen LogP contribution in [0.15, 0.2) is 0 Å². The SMILES string of the molecule is CSCC[C@H](N)C(=O)NC(CC(C)C)C(=O)O. The van der Waals surface area contributed by atoms with Crippen LogP contribution in [0.25, 0.3) is 0 Å². The molecule has 1 amide bonds. The zero-order valence-corrected chi connectivity index (χ0v) is 11.4. The maximum absolute atomic E-state index is 11.6. The lowest BCUT2D eigenvalue weighted by Gasteiger charge is -2.19. The molecule has 1 unspecified atom stereocenters. The van der Waals surface area contributed by atoms with Gasteiger partial charge in [0.25, 0.3) is 0 Å². The highest BCUT2D eigenvalue weighted by Gasteiger charge is 2.23. The van der Waals surface area contributed by atoms with Gasteiger partial charge < -0.3 is 16.2 Å². The molecule has 0 spiro atoms. The van der Waals surface area contributed by atoms with Crippen LogP contribution in [-0.4, -0.2) is 41.1 Å². The number of rotatable bonds is 8. The van der Waals surface area contributed by atoms with Crippen LogP contribution in [0.4, 0.5) is 0 Å². The van der Waals surface area contributed by atoms with Crippen LogP contribution in [0.1, 0.15) is 26.7 Å². The van der Waals surface area contributed by atoms with Crippen molar-refractivity contribution in [1.82, 2.24) is 5.32 Å². The molecule has 0 heterocycles. The van der Waals surface area contributed by atoms with Crippen molar-refractivity contribution < 1.29 is 14.7 Å². The molecule has 0 saturated heterocycles. The quantitative estimate of drug-likeness (QED) is 0.598. The number of carboxylic acids is 1. The lowest BCUT2D eigenvalue weighted by Crippen LogP contribution is -2.49. The Kier molecular flexibility index (Phi) is 7.99. The van der Waals surface area contributed by atoms with Gasteiger partial charge in [0.2, 0.25) is 5.91 Å². The third kappa shape index (κ3) is 7.23. The number of nitrogens with two attached hydrogens (primary N) is 1. The molecule has 0 aromatic heterocycles. The monoisotopic (exact) mass is 262 g/mol. The molecule has 0 saturated carbocycles. The third-order valence-corrected chi connectivity index (χ3v) is 2.94. The fraction of sp³-hybridized carbons (Fsp3) is 0.818. The molecule has 0 aliphatic heterocycles. The topological polar surface area (TPSA) is 92.4 Å². The number of thioether (sulfide) groups is 1. The Morgan fingerprint density at radius 1 is 1.41 bits per heavy atom. The molecule has 4 N–H and O–H groups in total. The van der Waals surface area contributed by atoms with Gasteiger partial charge >= 0.3 is 5.97 Å². The highest BCUT2D eigenvalue weighted by molar-refractivity contribution is 7.98. The first kappa shape index (κ1) is 16.2. The molecule has 0 radical (unpaired) electrons. The first-order valence-electron chi connectivity index (χ1n) is 5.66. The summed E-state index contributed by atoms with van der Waals surface area (Å²) < 4.78 is 0. The Balaban J connectivity index is 4.25. The fourth-order valence-corrected chi connectivity index (χ4v) is 1.84. The molecule has 100 valence electrons. The molecule has 0 aliphatic carbocycles. The molecule has 0 aliphatic rings. The predicted molar refractivity (Wildman–Crippen MR) is 70.0 cm³/mol. The van der Waals surface area contributed by atoms with Crippen molar-refractivity contribution >= 4 is 23.6 Å². The molecular weight excluding hydrogens is 240 g/mol. The van der Waals surface area contributed by atoms with E-state index in [1.54, 1.807) is 11.8 Å². The summed E-state index contributed by atoms with van der Waals surface area (Å²) in [5.74, 6) is -0.397. The number of hydrogen-bond donors (Lipinski definition) is 3. The summed E-state index contributed by atoms with van der Waals surface area (Å²) in [7, 11) is 0. The Labute approximate surface area is 107 Å². The normalized spacial score (nSPS) is 14.4. The minimum atomic E-state index is -1.01. The average Bonchev–Trinajstić information content (AvgIpc) is 2.23. The van der Waals surface area contributed by atoms with E-state index in [0.717, 1.165) is 5.75 Å². The molecule has 0 rings (SSSR count). The minimum absolute atomic E-state index is 0.207. The smallest absolute Gasteiger partial charge is 0.326 e. The summed E-state index contributed by atoms with van der Waals surface area (Å²) in [6, 6.07) is -1.47. The van der Waals surface area contributed by atoms with E-state index >= 15 is 0 Å². The molecule has 6 heteroatoms. The van der Waals surface area contributed by atoms with Gasteiger partial charge in [-0.15, -0.1) is 0 Å². The number of nitrogens with one attached hydrogen (secondary N) is 1. The summed E-state index contributed by atoms with van der Waals surface area (Å²) in [6.07, 6.45) is 2.90. The number of carbonyl (C=O) groups excluding carboxylic acids is 1. The summed E-state index contributed by atoms with van der Waals surface area (Å²) in [6.45, 7) is 3.82. The average molecular weight is 262 g/mol. The molecule has 17 heavy (non-hydrogen) atoms. The lowest BCUT2D eigenvalue weighted by molar-refractivity contribution is -0.142. The van der Waals surface area contributed by atoms with E-state index in [0.29, 0.717) is 12.8 Å². The van der Waals surface area contributed by atoms with Gasteiger partial charge in [-0.25, -0.2) is 4.79 Å². The summed E-state index contributed by atoms with van der Waals surface area (Å²) in [5.41, 5.74) is 5.66. The van der Waals surface area contributed by atoms with E-state index in [-0.39, 0.29) is 11.8 Å². The highest BCUT2D eigenvalue weighted by atomic mass is 32.2. The number of aliphatic carboxylic acids is 1. The fourth-order valence-electron chi connectivity index (χ4n) is 1.35. The van der Waals surface area contributed by atoms with Crippen molar-refractivity contribution in [3.05, 3.63) is 0 Å². The van der Waals surface area contributed by atoms with Gasteiger partial charge in [-0.2, -0.15) is 11.8 Å². The van der Waals surface area contributed by atoms with Gasteiger partial charge in [0.1, 0.15) is 6.04 Å². The van der Waals surface area contributed by atoms with Crippen LogP contribution in [0.3, 0.4) is 0 Å². The summed E-state index contributed by atoms with van der Waals surface area (Å²) in [5, 5.41) is 11.5. The Bertz CT molecular complexity index is 259. The molecule has 0 fully saturated rings. The summed E-state index contributed by atoms with van der Waals surface area (Å²) in [4.78, 5) is 22.6. The van der Waals surface area contributed by atoms with Crippen molar-refractivity contribution in [3.63, 3.8) is 0 Å². The van der Waals surface area contributed by atoms with E-state index in [2.05, 4.69) is 5.32 Å². The first-order chi connectivity index (χ1) is 7.88. The second kappa shape index (κ2) is 8.36. The van der Waals surface area contributed by atoms with Gasteiger partial charge in [0.05, 0.1) is 6.04 Å². The van der Waals surface area contributed by atoms with E-state index < -0.39 is 18.1 Å². The van der Waals surface area contributed by atoms with Crippen molar-refractivity contribution in [2.75, 3.05) is 12.0 Å². The standard InChI is InChI=1S/C11H22N2O3S/c1-7(2)6-9(11(15)16)13-10(14)8(12)4-5-17-3/h7-9H,4-6,12H2,1-3H3,(H,13,14)(H,15,16)/t8-,9?/m0/s1. The van der Waals surface area contributed by atoms with Crippen molar-refractivity contribution in [2.45, 2.75) is 38.8 Å². The Morgan fingerprint density at radius 3 is 2.41 bits per heavy atom. The van der Waals surface area contributed by atoms with E-state index in [1.165, 1.54) is 0 Å². The van der Waals surface area contributed by atoms with Crippen molar-refractivity contribution in [1.29, 1.82) is 0 Å².